The molecule has 2 aliphatic heterocycles. The fraction of sp³-hybridized carbons (Fsp3) is 0.571. The first kappa shape index (κ1) is 18.8. The fourth-order valence-electron chi connectivity index (χ4n) is 4.39. The zero-order valence-corrected chi connectivity index (χ0v) is 16.0. The van der Waals surface area contributed by atoms with Crippen molar-refractivity contribution in [3.8, 4) is 11.5 Å². The fourth-order valence-corrected chi connectivity index (χ4v) is 4.39. The summed E-state index contributed by atoms with van der Waals surface area (Å²) in [4.78, 5) is 17.8. The highest BCUT2D eigenvalue weighted by Crippen LogP contribution is 2.41. The van der Waals surface area contributed by atoms with Gasteiger partial charge in [0.2, 0.25) is 5.91 Å². The average Bonchev–Trinajstić information content (AvgIpc) is 3.07. The number of hydrogen-bond donors (Lipinski definition) is 0. The molecule has 5 nitrogen and oxygen atoms in total. The molecule has 0 N–H and O–H groups in total. The normalized spacial score (nSPS) is 23.5. The molecule has 0 radical (unpaired) electrons. The first-order valence-electron chi connectivity index (χ1n) is 9.46. The SMILES string of the molecule is C=CCCN1CC[C@@]2(CCCN(Cc3cccc(OC)c3OC)C2=O)C1. The third-order valence-corrected chi connectivity index (χ3v) is 5.75. The van der Waals surface area contributed by atoms with Crippen molar-refractivity contribution < 1.29 is 14.3 Å². The van der Waals surface area contributed by atoms with Gasteiger partial charge in [-0.2, -0.15) is 0 Å². The third-order valence-electron chi connectivity index (χ3n) is 5.75. The Balaban J connectivity index is 1.74. The van der Waals surface area contributed by atoms with E-state index in [0.717, 1.165) is 63.2 Å². The van der Waals surface area contributed by atoms with Gasteiger partial charge in [0.1, 0.15) is 0 Å². The number of hydrogen-bond acceptors (Lipinski definition) is 4. The molecule has 2 heterocycles. The van der Waals surface area contributed by atoms with Crippen LogP contribution in [0.1, 0.15) is 31.2 Å². The van der Waals surface area contributed by atoms with E-state index in [2.05, 4.69) is 11.5 Å². The van der Waals surface area contributed by atoms with E-state index in [1.807, 2.05) is 29.2 Å². The maximum atomic E-state index is 13.3. The van der Waals surface area contributed by atoms with Gasteiger partial charge in [-0.15, -0.1) is 6.58 Å². The van der Waals surface area contributed by atoms with Crippen molar-refractivity contribution in [3.63, 3.8) is 0 Å². The molecule has 142 valence electrons. The zero-order valence-electron chi connectivity index (χ0n) is 16.0. The molecule has 2 fully saturated rings. The molecule has 1 aromatic rings. The van der Waals surface area contributed by atoms with Crippen molar-refractivity contribution in [3.05, 3.63) is 36.4 Å². The van der Waals surface area contributed by atoms with Crippen LogP contribution in [0.2, 0.25) is 0 Å². The Morgan fingerprint density at radius 3 is 2.81 bits per heavy atom. The number of likely N-dealkylation sites (tertiary alicyclic amines) is 2. The van der Waals surface area contributed by atoms with Crippen molar-refractivity contribution >= 4 is 5.91 Å². The van der Waals surface area contributed by atoms with Crippen molar-refractivity contribution in [1.29, 1.82) is 0 Å². The van der Waals surface area contributed by atoms with Gasteiger partial charge in [0.25, 0.3) is 0 Å². The molecule has 0 bridgehead atoms. The molecule has 0 saturated carbocycles. The standard InChI is InChI=1S/C21H30N2O3/c1-4-5-12-22-14-11-21(16-22)10-7-13-23(20(21)24)15-17-8-6-9-18(25-2)19(17)26-3/h4,6,8-9H,1,5,7,10-16H2,2-3H3/t21-/m0/s1. The van der Waals surface area contributed by atoms with Gasteiger partial charge >= 0.3 is 0 Å². The molecular formula is C21H30N2O3. The first-order valence-corrected chi connectivity index (χ1v) is 9.46. The summed E-state index contributed by atoms with van der Waals surface area (Å²) < 4.78 is 10.9. The van der Waals surface area contributed by atoms with E-state index in [1.54, 1.807) is 14.2 Å². The molecule has 5 heteroatoms. The number of methoxy groups -OCH3 is 2. The summed E-state index contributed by atoms with van der Waals surface area (Å²) in [6, 6.07) is 5.85. The van der Waals surface area contributed by atoms with Crippen LogP contribution >= 0.6 is 0 Å². The van der Waals surface area contributed by atoms with Gasteiger partial charge in [0.05, 0.1) is 19.6 Å². The minimum absolute atomic E-state index is 0.203. The smallest absolute Gasteiger partial charge is 0.230 e. The van der Waals surface area contributed by atoms with E-state index in [-0.39, 0.29) is 5.41 Å². The number of nitrogens with zero attached hydrogens (tertiary/aromatic N) is 2. The van der Waals surface area contributed by atoms with Crippen molar-refractivity contribution in [2.24, 2.45) is 5.41 Å². The van der Waals surface area contributed by atoms with Crippen LogP contribution in [0.25, 0.3) is 0 Å². The Morgan fingerprint density at radius 1 is 1.23 bits per heavy atom. The van der Waals surface area contributed by atoms with Crippen LogP contribution in [-0.4, -0.2) is 56.1 Å². The molecule has 0 aliphatic carbocycles. The number of rotatable bonds is 7. The Labute approximate surface area is 156 Å². The van der Waals surface area contributed by atoms with Crippen LogP contribution in [0.5, 0.6) is 11.5 Å². The predicted octanol–water partition coefficient (Wildman–Crippen LogP) is 3.09. The maximum absolute atomic E-state index is 13.3. The zero-order chi connectivity index (χ0) is 18.6. The van der Waals surface area contributed by atoms with E-state index in [9.17, 15) is 4.79 Å². The van der Waals surface area contributed by atoms with Crippen molar-refractivity contribution in [2.45, 2.75) is 32.2 Å². The summed E-state index contributed by atoms with van der Waals surface area (Å²) in [5.41, 5.74) is 0.796. The Hall–Kier alpha value is -2.01. The number of piperidine rings is 1. The number of ether oxygens (including phenoxy) is 2. The lowest BCUT2D eigenvalue weighted by Gasteiger charge is -2.39. The molecule has 1 atom stereocenters. The second kappa shape index (κ2) is 8.12. The van der Waals surface area contributed by atoms with Gasteiger partial charge in [0, 0.05) is 31.7 Å². The summed E-state index contributed by atoms with van der Waals surface area (Å²) in [6.07, 6.45) is 5.97. The summed E-state index contributed by atoms with van der Waals surface area (Å²) in [5, 5.41) is 0. The molecule has 1 amide bonds. The monoisotopic (exact) mass is 358 g/mol. The van der Waals surface area contributed by atoms with Crippen molar-refractivity contribution in [2.75, 3.05) is 40.4 Å². The molecule has 2 saturated heterocycles. The minimum Gasteiger partial charge on any atom is -0.493 e. The van der Waals surface area contributed by atoms with Crippen LogP contribution in [0.3, 0.4) is 0 Å². The molecular weight excluding hydrogens is 328 g/mol. The molecule has 26 heavy (non-hydrogen) atoms. The van der Waals surface area contributed by atoms with E-state index < -0.39 is 0 Å². The van der Waals surface area contributed by atoms with Crippen LogP contribution in [-0.2, 0) is 11.3 Å². The average molecular weight is 358 g/mol. The molecule has 0 unspecified atom stereocenters. The van der Waals surface area contributed by atoms with E-state index >= 15 is 0 Å². The number of carbonyl (C=O) groups is 1. The number of benzene rings is 1. The first-order chi connectivity index (χ1) is 12.6. The highest BCUT2D eigenvalue weighted by atomic mass is 16.5. The summed E-state index contributed by atoms with van der Waals surface area (Å²) in [7, 11) is 3.29. The van der Waals surface area contributed by atoms with Gasteiger partial charge < -0.3 is 19.3 Å². The lowest BCUT2D eigenvalue weighted by atomic mass is 9.78. The van der Waals surface area contributed by atoms with Gasteiger partial charge in [-0.25, -0.2) is 0 Å². The molecule has 2 aliphatic rings. The van der Waals surface area contributed by atoms with Crippen LogP contribution in [0.4, 0.5) is 0 Å². The second-order valence-corrected chi connectivity index (χ2v) is 7.37. The van der Waals surface area contributed by atoms with Gasteiger partial charge in [0.15, 0.2) is 11.5 Å². The lowest BCUT2D eigenvalue weighted by molar-refractivity contribution is -0.146. The Bertz CT molecular complexity index is 661. The highest BCUT2D eigenvalue weighted by Gasteiger charge is 2.48. The number of amides is 1. The van der Waals surface area contributed by atoms with E-state index in [1.165, 1.54) is 0 Å². The van der Waals surface area contributed by atoms with Crippen molar-refractivity contribution in [1.82, 2.24) is 9.80 Å². The highest BCUT2D eigenvalue weighted by molar-refractivity contribution is 5.84. The molecule has 1 spiro atoms. The summed E-state index contributed by atoms with van der Waals surface area (Å²) >= 11 is 0. The van der Waals surface area contributed by atoms with Gasteiger partial charge in [-0.05, 0) is 38.3 Å². The molecule has 0 aromatic heterocycles. The topological polar surface area (TPSA) is 42.0 Å². The third kappa shape index (κ3) is 3.58. The van der Waals surface area contributed by atoms with Gasteiger partial charge in [-0.3, -0.25) is 4.79 Å². The quantitative estimate of drug-likeness (QED) is 0.703. The van der Waals surface area contributed by atoms with Crippen LogP contribution < -0.4 is 9.47 Å². The van der Waals surface area contributed by atoms with E-state index in [4.69, 9.17) is 9.47 Å². The van der Waals surface area contributed by atoms with E-state index in [0.29, 0.717) is 18.2 Å². The Kier molecular flexibility index (Phi) is 5.87. The van der Waals surface area contributed by atoms with Gasteiger partial charge in [-0.1, -0.05) is 18.2 Å². The lowest BCUT2D eigenvalue weighted by Crippen LogP contribution is -2.49. The molecule has 3 rings (SSSR count). The summed E-state index contributed by atoms with van der Waals surface area (Å²) in [5.74, 6) is 1.73. The largest absolute Gasteiger partial charge is 0.493 e. The second-order valence-electron chi connectivity index (χ2n) is 7.37. The predicted molar refractivity (Wildman–Crippen MR) is 103 cm³/mol. The number of para-hydroxylation sites is 1. The Morgan fingerprint density at radius 2 is 2.08 bits per heavy atom. The van der Waals surface area contributed by atoms with Crippen LogP contribution in [0.15, 0.2) is 30.9 Å². The summed E-state index contributed by atoms with van der Waals surface area (Å²) in [6.45, 7) is 8.09. The van der Waals surface area contributed by atoms with Crippen LogP contribution in [0, 0.1) is 5.41 Å². The number of carbonyl (C=O) groups excluding carboxylic acids is 1. The molecule has 1 aromatic carbocycles. The maximum Gasteiger partial charge on any atom is 0.230 e. The minimum atomic E-state index is -0.203.